The van der Waals surface area contributed by atoms with Gasteiger partial charge >= 0.3 is 0 Å². The number of hydrogen-bond acceptors (Lipinski definition) is 2. The zero-order valence-corrected chi connectivity index (χ0v) is 8.28. The maximum atomic E-state index is 5.83. The molecule has 0 aliphatic carbocycles. The Bertz CT molecular complexity index is 433. The maximum Gasteiger partial charge on any atom is 0.157 e. The Balaban J connectivity index is 2.62. The summed E-state index contributed by atoms with van der Waals surface area (Å²) in [7, 11) is 0. The van der Waals surface area contributed by atoms with Crippen molar-refractivity contribution in [3.63, 3.8) is 0 Å². The van der Waals surface area contributed by atoms with Crippen molar-refractivity contribution in [1.29, 1.82) is 0 Å². The van der Waals surface area contributed by atoms with Crippen molar-refractivity contribution in [3.8, 4) is 0 Å². The first-order chi connectivity index (χ1) is 6.16. The Kier molecular flexibility index (Phi) is 1.96. The minimum Gasteiger partial charge on any atom is -0.221 e. The van der Waals surface area contributed by atoms with Crippen molar-refractivity contribution in [3.05, 3.63) is 29.2 Å². The Morgan fingerprint density at radius 1 is 1.46 bits per heavy atom. The second-order valence-corrected chi connectivity index (χ2v) is 3.71. The minimum atomic E-state index is 0.346. The van der Waals surface area contributed by atoms with Crippen LogP contribution in [0.15, 0.2) is 18.3 Å². The minimum absolute atomic E-state index is 0.346. The predicted octanol–water partition coefficient (Wildman–Crippen LogP) is 2.51. The predicted molar refractivity (Wildman–Crippen MR) is 52.1 cm³/mol. The quantitative estimate of drug-likeness (QED) is 0.700. The Morgan fingerprint density at radius 2 is 2.23 bits per heavy atom. The first-order valence-electron chi connectivity index (χ1n) is 4.18. The molecular formula is C9H10ClN3. The summed E-state index contributed by atoms with van der Waals surface area (Å²) in [5, 5.41) is 4.99. The van der Waals surface area contributed by atoms with E-state index in [0.717, 1.165) is 11.5 Å². The molecule has 13 heavy (non-hydrogen) atoms. The summed E-state index contributed by atoms with van der Waals surface area (Å²) in [5.74, 6) is 1.20. The molecule has 0 atom stereocenters. The van der Waals surface area contributed by atoms with Gasteiger partial charge in [-0.2, -0.15) is 5.10 Å². The van der Waals surface area contributed by atoms with Gasteiger partial charge in [0.05, 0.1) is 0 Å². The first-order valence-corrected chi connectivity index (χ1v) is 4.56. The lowest BCUT2D eigenvalue weighted by Gasteiger charge is -1.92. The van der Waals surface area contributed by atoms with E-state index >= 15 is 0 Å². The van der Waals surface area contributed by atoms with Crippen molar-refractivity contribution in [2.24, 2.45) is 0 Å². The van der Waals surface area contributed by atoms with Gasteiger partial charge in [0, 0.05) is 23.2 Å². The van der Waals surface area contributed by atoms with Gasteiger partial charge in [0.25, 0.3) is 0 Å². The summed E-state index contributed by atoms with van der Waals surface area (Å²) in [6.07, 6.45) is 1.82. The Hall–Kier alpha value is -1.09. The summed E-state index contributed by atoms with van der Waals surface area (Å²) in [6.45, 7) is 4.13. The second kappa shape index (κ2) is 3.00. The van der Waals surface area contributed by atoms with Crippen molar-refractivity contribution in [2.45, 2.75) is 19.8 Å². The van der Waals surface area contributed by atoms with Crippen LogP contribution in [0.25, 0.3) is 5.65 Å². The number of hydrogen-bond donors (Lipinski definition) is 0. The maximum absolute atomic E-state index is 5.83. The lowest BCUT2D eigenvalue weighted by molar-refractivity contribution is 0.765. The van der Waals surface area contributed by atoms with E-state index in [-0.39, 0.29) is 0 Å². The molecule has 2 rings (SSSR count). The highest BCUT2D eigenvalue weighted by molar-refractivity contribution is 6.30. The lowest BCUT2D eigenvalue weighted by atomic mass is 10.2. The van der Waals surface area contributed by atoms with Crippen LogP contribution in [0, 0.1) is 0 Å². The highest BCUT2D eigenvalue weighted by atomic mass is 35.5. The fourth-order valence-electron chi connectivity index (χ4n) is 1.12. The SMILES string of the molecule is CC(C)c1nc2cc(Cl)ccn2n1. The van der Waals surface area contributed by atoms with Crippen LogP contribution in [-0.4, -0.2) is 14.6 Å². The van der Waals surface area contributed by atoms with Crippen LogP contribution in [0.5, 0.6) is 0 Å². The zero-order valence-electron chi connectivity index (χ0n) is 7.53. The molecule has 2 aromatic rings. The van der Waals surface area contributed by atoms with Crippen LogP contribution in [0.4, 0.5) is 0 Å². The Labute approximate surface area is 81.4 Å². The van der Waals surface area contributed by atoms with E-state index in [1.807, 2.05) is 6.20 Å². The molecule has 0 fully saturated rings. The van der Waals surface area contributed by atoms with Gasteiger partial charge < -0.3 is 0 Å². The lowest BCUT2D eigenvalue weighted by Crippen LogP contribution is -1.90. The molecule has 0 amide bonds. The standard InChI is InChI=1S/C9H10ClN3/c1-6(2)9-11-8-5-7(10)3-4-13(8)12-9/h3-6H,1-2H3. The number of nitrogens with zero attached hydrogens (tertiary/aromatic N) is 3. The van der Waals surface area contributed by atoms with Crippen molar-refractivity contribution in [1.82, 2.24) is 14.6 Å². The van der Waals surface area contributed by atoms with Crippen molar-refractivity contribution in [2.75, 3.05) is 0 Å². The first kappa shape index (κ1) is 8.51. The summed E-state index contributed by atoms with van der Waals surface area (Å²) < 4.78 is 1.74. The van der Waals surface area contributed by atoms with Crippen LogP contribution in [0.1, 0.15) is 25.6 Å². The highest BCUT2D eigenvalue weighted by Crippen LogP contribution is 2.14. The smallest absolute Gasteiger partial charge is 0.157 e. The van der Waals surface area contributed by atoms with E-state index < -0.39 is 0 Å². The number of pyridine rings is 1. The molecule has 0 spiro atoms. The third-order valence-corrected chi connectivity index (χ3v) is 2.07. The summed E-state index contributed by atoms with van der Waals surface area (Å²) >= 11 is 5.83. The van der Waals surface area contributed by atoms with E-state index in [1.54, 1.807) is 16.6 Å². The Morgan fingerprint density at radius 3 is 2.92 bits per heavy atom. The molecule has 0 aromatic carbocycles. The molecule has 3 nitrogen and oxygen atoms in total. The van der Waals surface area contributed by atoms with Gasteiger partial charge in [-0.05, 0) is 6.07 Å². The van der Waals surface area contributed by atoms with E-state index in [0.29, 0.717) is 10.9 Å². The summed E-state index contributed by atoms with van der Waals surface area (Å²) in [4.78, 5) is 4.34. The van der Waals surface area contributed by atoms with Crippen LogP contribution in [0.2, 0.25) is 5.02 Å². The molecule has 2 aromatic heterocycles. The number of rotatable bonds is 1. The van der Waals surface area contributed by atoms with E-state index in [1.165, 1.54) is 0 Å². The molecule has 0 saturated heterocycles. The molecule has 4 heteroatoms. The largest absolute Gasteiger partial charge is 0.221 e. The van der Waals surface area contributed by atoms with Gasteiger partial charge in [-0.1, -0.05) is 25.4 Å². The number of fused-ring (bicyclic) bond motifs is 1. The molecule has 0 bridgehead atoms. The highest BCUT2D eigenvalue weighted by Gasteiger charge is 2.06. The van der Waals surface area contributed by atoms with Crippen LogP contribution >= 0.6 is 11.6 Å². The third-order valence-electron chi connectivity index (χ3n) is 1.83. The van der Waals surface area contributed by atoms with E-state index in [9.17, 15) is 0 Å². The third kappa shape index (κ3) is 1.52. The van der Waals surface area contributed by atoms with Gasteiger partial charge in [-0.3, -0.25) is 0 Å². The molecule has 0 aliphatic heterocycles. The summed E-state index contributed by atoms with van der Waals surface area (Å²) in [6, 6.07) is 3.60. The molecule has 2 heterocycles. The van der Waals surface area contributed by atoms with E-state index in [2.05, 4.69) is 23.9 Å². The second-order valence-electron chi connectivity index (χ2n) is 3.27. The molecule has 0 N–H and O–H groups in total. The van der Waals surface area contributed by atoms with Crippen LogP contribution in [0.3, 0.4) is 0 Å². The average molecular weight is 196 g/mol. The monoisotopic (exact) mass is 195 g/mol. The van der Waals surface area contributed by atoms with Gasteiger partial charge in [0.1, 0.15) is 0 Å². The fraction of sp³-hybridized carbons (Fsp3) is 0.333. The molecule has 68 valence electrons. The van der Waals surface area contributed by atoms with Crippen LogP contribution in [-0.2, 0) is 0 Å². The molecule has 0 saturated carbocycles. The number of halogens is 1. The average Bonchev–Trinajstić information content (AvgIpc) is 2.46. The van der Waals surface area contributed by atoms with Crippen molar-refractivity contribution < 1.29 is 0 Å². The fourth-order valence-corrected chi connectivity index (χ4v) is 1.27. The summed E-state index contributed by atoms with van der Waals surface area (Å²) in [5.41, 5.74) is 0.802. The van der Waals surface area contributed by atoms with Gasteiger partial charge in [0.15, 0.2) is 11.5 Å². The van der Waals surface area contributed by atoms with Gasteiger partial charge in [-0.15, -0.1) is 0 Å². The van der Waals surface area contributed by atoms with Crippen LogP contribution < -0.4 is 0 Å². The normalized spacial score (nSPS) is 11.4. The van der Waals surface area contributed by atoms with Crippen molar-refractivity contribution >= 4 is 17.2 Å². The molecule has 0 unspecified atom stereocenters. The zero-order chi connectivity index (χ0) is 9.42. The number of aromatic nitrogens is 3. The molecular weight excluding hydrogens is 186 g/mol. The van der Waals surface area contributed by atoms with E-state index in [4.69, 9.17) is 11.6 Å². The van der Waals surface area contributed by atoms with Gasteiger partial charge in [0.2, 0.25) is 0 Å². The molecule has 0 aliphatic rings. The topological polar surface area (TPSA) is 30.2 Å². The molecule has 0 radical (unpaired) electrons. The van der Waals surface area contributed by atoms with Gasteiger partial charge in [-0.25, -0.2) is 9.50 Å².